The van der Waals surface area contributed by atoms with E-state index in [0.29, 0.717) is 5.75 Å². The second-order valence-electron chi connectivity index (χ2n) is 4.13. The summed E-state index contributed by atoms with van der Waals surface area (Å²) < 4.78 is 0. The van der Waals surface area contributed by atoms with Crippen LogP contribution in [0.2, 0.25) is 0 Å². The molecule has 1 saturated carbocycles. The molecule has 3 N–H and O–H groups in total. The zero-order valence-corrected chi connectivity index (χ0v) is 10.7. The Bertz CT molecular complexity index is 255. The maximum Gasteiger partial charge on any atom is 0.321 e. The summed E-state index contributed by atoms with van der Waals surface area (Å²) in [5, 5.41) is 13.7. The van der Waals surface area contributed by atoms with Crippen LogP contribution in [0.1, 0.15) is 32.1 Å². The number of carbonyl (C=O) groups excluding carboxylic acids is 2. The fourth-order valence-corrected chi connectivity index (χ4v) is 2.39. The van der Waals surface area contributed by atoms with Gasteiger partial charge in [0.25, 0.3) is 0 Å². The van der Waals surface area contributed by atoms with Crippen LogP contribution >= 0.6 is 11.8 Å². The normalized spacial score (nSPS) is 16.5. The monoisotopic (exact) mass is 260 g/mol. The van der Waals surface area contributed by atoms with E-state index >= 15 is 0 Å². The summed E-state index contributed by atoms with van der Waals surface area (Å²) in [7, 11) is 0. The molecule has 1 fully saturated rings. The van der Waals surface area contributed by atoms with Crippen molar-refractivity contribution in [3.63, 3.8) is 0 Å². The van der Waals surface area contributed by atoms with Crippen LogP contribution in [0, 0.1) is 0 Å². The van der Waals surface area contributed by atoms with Crippen molar-refractivity contribution in [2.45, 2.75) is 38.1 Å². The summed E-state index contributed by atoms with van der Waals surface area (Å²) in [5.41, 5.74) is 0. The Hall–Kier alpha value is -0.750. The van der Waals surface area contributed by atoms with Gasteiger partial charge in [0.05, 0.1) is 12.4 Å². The van der Waals surface area contributed by atoms with Gasteiger partial charge in [-0.2, -0.15) is 0 Å². The highest BCUT2D eigenvalue weighted by Crippen LogP contribution is 2.17. The van der Waals surface area contributed by atoms with Gasteiger partial charge in [-0.05, 0) is 12.8 Å². The van der Waals surface area contributed by atoms with Crippen molar-refractivity contribution >= 4 is 23.7 Å². The van der Waals surface area contributed by atoms with Crippen LogP contribution in [0.4, 0.5) is 4.79 Å². The van der Waals surface area contributed by atoms with Gasteiger partial charge in [-0.15, -0.1) is 11.8 Å². The van der Waals surface area contributed by atoms with E-state index < -0.39 is 6.03 Å². The van der Waals surface area contributed by atoms with Gasteiger partial charge in [0.1, 0.15) is 0 Å². The first kappa shape index (κ1) is 14.3. The van der Waals surface area contributed by atoms with E-state index in [1.807, 2.05) is 0 Å². The second kappa shape index (κ2) is 8.36. The van der Waals surface area contributed by atoms with E-state index in [9.17, 15) is 9.59 Å². The molecule has 6 heteroatoms. The van der Waals surface area contributed by atoms with E-state index in [-0.39, 0.29) is 24.3 Å². The van der Waals surface area contributed by atoms with Gasteiger partial charge in [-0.25, -0.2) is 4.79 Å². The molecule has 0 heterocycles. The molecule has 17 heavy (non-hydrogen) atoms. The number of rotatable bonds is 5. The van der Waals surface area contributed by atoms with Crippen molar-refractivity contribution in [3.05, 3.63) is 0 Å². The third-order valence-corrected chi connectivity index (χ3v) is 3.60. The van der Waals surface area contributed by atoms with Crippen molar-refractivity contribution in [2.75, 3.05) is 18.1 Å². The van der Waals surface area contributed by atoms with Gasteiger partial charge in [0.2, 0.25) is 5.91 Å². The van der Waals surface area contributed by atoms with Crippen LogP contribution in [-0.2, 0) is 4.79 Å². The lowest BCUT2D eigenvalue weighted by atomic mass is 9.96. The Balaban J connectivity index is 2.12. The number of thioether (sulfide) groups is 1. The third kappa shape index (κ3) is 6.53. The van der Waals surface area contributed by atoms with Crippen molar-refractivity contribution < 1.29 is 14.7 Å². The molecule has 3 amide bonds. The van der Waals surface area contributed by atoms with Gasteiger partial charge >= 0.3 is 6.03 Å². The summed E-state index contributed by atoms with van der Waals surface area (Å²) in [6.07, 6.45) is 5.52. The standard InChI is InChI=1S/C11H20N2O3S/c14-6-7-17-8-10(15)13-11(16)12-9-4-2-1-3-5-9/h9,14H,1-8H2,(H2,12,13,15,16). The van der Waals surface area contributed by atoms with Gasteiger partial charge < -0.3 is 10.4 Å². The fourth-order valence-electron chi connectivity index (χ4n) is 1.86. The highest BCUT2D eigenvalue weighted by molar-refractivity contribution is 7.99. The predicted octanol–water partition coefficient (Wildman–Crippen LogP) is 0.870. The van der Waals surface area contributed by atoms with Crippen molar-refractivity contribution in [1.29, 1.82) is 0 Å². The summed E-state index contributed by atoms with van der Waals surface area (Å²) in [6, 6.07) is -0.187. The summed E-state index contributed by atoms with van der Waals surface area (Å²) >= 11 is 1.31. The highest BCUT2D eigenvalue weighted by atomic mass is 32.2. The number of carbonyl (C=O) groups is 2. The van der Waals surface area contributed by atoms with Crippen LogP contribution in [0.3, 0.4) is 0 Å². The Morgan fingerprint density at radius 2 is 1.94 bits per heavy atom. The van der Waals surface area contributed by atoms with Crippen LogP contribution in [0.15, 0.2) is 0 Å². The average Bonchev–Trinajstić information content (AvgIpc) is 2.30. The molecule has 0 unspecified atom stereocenters. The topological polar surface area (TPSA) is 78.4 Å². The smallest absolute Gasteiger partial charge is 0.321 e. The van der Waals surface area contributed by atoms with Crippen LogP contribution in [0.5, 0.6) is 0 Å². The Morgan fingerprint density at radius 1 is 1.24 bits per heavy atom. The number of imide groups is 1. The Labute approximate surface area is 106 Å². The van der Waals surface area contributed by atoms with Gasteiger partial charge in [-0.3, -0.25) is 10.1 Å². The Kier molecular flexibility index (Phi) is 7.04. The summed E-state index contributed by atoms with van der Waals surface area (Å²) in [6.45, 7) is 0.0478. The number of urea groups is 1. The molecule has 1 aliphatic carbocycles. The zero-order valence-electron chi connectivity index (χ0n) is 9.91. The lowest BCUT2D eigenvalue weighted by Crippen LogP contribution is -2.45. The molecule has 0 aromatic heterocycles. The molecule has 0 aromatic carbocycles. The average molecular weight is 260 g/mol. The second-order valence-corrected chi connectivity index (χ2v) is 5.24. The molecule has 0 radical (unpaired) electrons. The van der Waals surface area contributed by atoms with Crippen LogP contribution < -0.4 is 10.6 Å². The molecule has 5 nitrogen and oxygen atoms in total. The largest absolute Gasteiger partial charge is 0.396 e. The van der Waals surface area contributed by atoms with E-state index in [1.165, 1.54) is 18.2 Å². The van der Waals surface area contributed by atoms with Crippen LogP contribution in [0.25, 0.3) is 0 Å². The molecule has 0 atom stereocenters. The first-order chi connectivity index (χ1) is 8.22. The molecule has 0 spiro atoms. The quantitative estimate of drug-likeness (QED) is 0.641. The number of aliphatic hydroxyl groups excluding tert-OH is 1. The van der Waals surface area contributed by atoms with Crippen LogP contribution in [-0.4, -0.2) is 41.2 Å². The molecule has 0 aromatic rings. The van der Waals surface area contributed by atoms with Crippen molar-refractivity contribution in [1.82, 2.24) is 10.6 Å². The van der Waals surface area contributed by atoms with Crippen molar-refractivity contribution in [3.8, 4) is 0 Å². The van der Waals surface area contributed by atoms with E-state index in [0.717, 1.165) is 25.7 Å². The molecule has 0 bridgehead atoms. The van der Waals surface area contributed by atoms with E-state index in [1.54, 1.807) is 0 Å². The molecular formula is C11H20N2O3S. The van der Waals surface area contributed by atoms with E-state index in [4.69, 9.17) is 5.11 Å². The summed E-state index contributed by atoms with van der Waals surface area (Å²) in [4.78, 5) is 22.7. The molecule has 0 saturated heterocycles. The minimum absolute atomic E-state index is 0.0478. The maximum atomic E-state index is 11.5. The van der Waals surface area contributed by atoms with Crippen molar-refractivity contribution in [2.24, 2.45) is 0 Å². The number of nitrogens with one attached hydrogen (secondary N) is 2. The first-order valence-corrected chi connectivity index (χ1v) is 7.17. The lowest BCUT2D eigenvalue weighted by Gasteiger charge is -2.22. The number of hydrogen-bond acceptors (Lipinski definition) is 4. The lowest BCUT2D eigenvalue weighted by molar-refractivity contribution is -0.117. The molecular weight excluding hydrogens is 240 g/mol. The summed E-state index contributed by atoms with van der Waals surface area (Å²) in [5.74, 6) is 0.410. The zero-order chi connectivity index (χ0) is 12.5. The SMILES string of the molecule is O=C(CSCCO)NC(=O)NC1CCCCC1. The Morgan fingerprint density at radius 3 is 2.59 bits per heavy atom. The minimum Gasteiger partial charge on any atom is -0.396 e. The third-order valence-electron chi connectivity index (χ3n) is 2.66. The molecule has 98 valence electrons. The molecule has 1 rings (SSSR count). The van der Waals surface area contributed by atoms with Gasteiger partial charge in [0.15, 0.2) is 0 Å². The number of amides is 3. The highest BCUT2D eigenvalue weighted by Gasteiger charge is 2.16. The first-order valence-electron chi connectivity index (χ1n) is 6.01. The fraction of sp³-hybridized carbons (Fsp3) is 0.818. The van der Waals surface area contributed by atoms with E-state index in [2.05, 4.69) is 10.6 Å². The molecule has 1 aliphatic rings. The van der Waals surface area contributed by atoms with Gasteiger partial charge in [-0.1, -0.05) is 19.3 Å². The number of hydrogen-bond donors (Lipinski definition) is 3. The molecule has 0 aliphatic heterocycles. The predicted molar refractivity (Wildman–Crippen MR) is 68.0 cm³/mol. The number of aliphatic hydroxyl groups is 1. The van der Waals surface area contributed by atoms with Gasteiger partial charge in [0, 0.05) is 11.8 Å². The minimum atomic E-state index is -0.397. The maximum absolute atomic E-state index is 11.5.